The third-order valence-electron chi connectivity index (χ3n) is 5.02. The first kappa shape index (κ1) is 25.7. The maximum atomic E-state index is 14.1. The van der Waals surface area contributed by atoms with E-state index in [-0.39, 0.29) is 5.56 Å². The molecule has 0 aromatic heterocycles. The normalized spacial score (nSPS) is 12.4. The lowest BCUT2D eigenvalue weighted by Gasteiger charge is -2.24. The molecule has 0 heterocycles. The van der Waals surface area contributed by atoms with Gasteiger partial charge in [0.15, 0.2) is 17.7 Å². The summed E-state index contributed by atoms with van der Waals surface area (Å²) in [6.07, 6.45) is -0.588. The van der Waals surface area contributed by atoms with Crippen molar-refractivity contribution in [3.05, 3.63) is 95.8 Å². The molecule has 2 amide bonds. The molecular formula is C26H23FN4O5. The number of carbonyl (C=O) groups excluding carboxylic acids is 2. The van der Waals surface area contributed by atoms with Crippen molar-refractivity contribution < 1.29 is 28.6 Å². The van der Waals surface area contributed by atoms with Crippen molar-refractivity contribution in [1.82, 2.24) is 0 Å². The number of phenols is 1. The van der Waals surface area contributed by atoms with Gasteiger partial charge in [0.2, 0.25) is 5.91 Å². The van der Waals surface area contributed by atoms with E-state index in [1.54, 1.807) is 24.3 Å². The number of carbonyl (C=O) groups is 2. The number of methoxy groups -OCH3 is 1. The highest BCUT2D eigenvalue weighted by molar-refractivity contribution is 6.01. The van der Waals surface area contributed by atoms with Gasteiger partial charge in [0.05, 0.1) is 23.0 Å². The lowest BCUT2D eigenvalue weighted by molar-refractivity contribution is -0.112. The van der Waals surface area contributed by atoms with Gasteiger partial charge in [-0.2, -0.15) is 5.26 Å². The first-order valence-corrected chi connectivity index (χ1v) is 10.6. The van der Waals surface area contributed by atoms with E-state index in [9.17, 15) is 19.1 Å². The quantitative estimate of drug-likeness (QED) is 0.269. The Morgan fingerprint density at radius 1 is 1.11 bits per heavy atom. The molecule has 0 radical (unpaired) electrons. The minimum atomic E-state index is -1.20. The molecule has 0 saturated heterocycles. The molecule has 10 heteroatoms. The van der Waals surface area contributed by atoms with Gasteiger partial charge >= 0.3 is 6.09 Å². The summed E-state index contributed by atoms with van der Waals surface area (Å²) in [5.74, 6) is -2.03. The van der Waals surface area contributed by atoms with Gasteiger partial charge in [-0.05, 0) is 60.2 Å². The number of anilines is 3. The van der Waals surface area contributed by atoms with Gasteiger partial charge < -0.3 is 25.6 Å². The zero-order valence-electron chi connectivity index (χ0n) is 19.1. The van der Waals surface area contributed by atoms with Gasteiger partial charge in [0, 0.05) is 18.9 Å². The highest BCUT2D eigenvalue weighted by atomic mass is 19.1. The van der Waals surface area contributed by atoms with E-state index in [2.05, 4.69) is 10.6 Å². The van der Waals surface area contributed by atoms with Crippen molar-refractivity contribution in [2.45, 2.75) is 12.2 Å². The van der Waals surface area contributed by atoms with E-state index in [0.29, 0.717) is 22.6 Å². The minimum Gasteiger partial charge on any atom is -0.505 e. The molecule has 9 nitrogen and oxygen atoms in total. The second-order valence-corrected chi connectivity index (χ2v) is 7.49. The molecule has 3 aromatic rings. The molecule has 0 bridgehead atoms. The second-order valence-electron chi connectivity index (χ2n) is 7.49. The van der Waals surface area contributed by atoms with Gasteiger partial charge in [0.25, 0.3) is 0 Å². The molecule has 0 unspecified atom stereocenters. The van der Waals surface area contributed by atoms with Crippen molar-refractivity contribution in [1.29, 1.82) is 5.26 Å². The molecule has 5 N–H and O–H groups in total. The number of ether oxygens (including phenoxy) is 2. The predicted octanol–water partition coefficient (Wildman–Crippen LogP) is 4.48. The SMILES string of the molecule is CO[C@@H](/C=C/C(=O)Nc1ccccc1N)[C@@H](OC(=O)Nc1ccc(C#N)cc1)c1ccc(O)c(F)c1. The summed E-state index contributed by atoms with van der Waals surface area (Å²) < 4.78 is 25.0. The lowest BCUT2D eigenvalue weighted by Crippen LogP contribution is -2.27. The Bertz CT molecular complexity index is 1300. The van der Waals surface area contributed by atoms with Crippen molar-refractivity contribution in [3.63, 3.8) is 0 Å². The Balaban J connectivity index is 1.81. The van der Waals surface area contributed by atoms with Crippen LogP contribution in [-0.2, 0) is 14.3 Å². The van der Waals surface area contributed by atoms with Crippen LogP contribution in [0.25, 0.3) is 0 Å². The van der Waals surface area contributed by atoms with E-state index in [1.165, 1.54) is 49.6 Å². The van der Waals surface area contributed by atoms with E-state index < -0.39 is 35.8 Å². The van der Waals surface area contributed by atoms with E-state index >= 15 is 0 Å². The van der Waals surface area contributed by atoms with Crippen molar-refractivity contribution in [2.75, 3.05) is 23.5 Å². The largest absolute Gasteiger partial charge is 0.505 e. The Labute approximate surface area is 206 Å². The molecule has 0 aliphatic rings. The van der Waals surface area contributed by atoms with Gasteiger partial charge in [0.1, 0.15) is 6.10 Å². The first-order chi connectivity index (χ1) is 17.3. The molecule has 36 heavy (non-hydrogen) atoms. The number of nitrogens with one attached hydrogen (secondary N) is 2. The fraction of sp³-hybridized carbons (Fsp3) is 0.115. The van der Waals surface area contributed by atoms with Crippen molar-refractivity contribution in [2.24, 2.45) is 0 Å². The van der Waals surface area contributed by atoms with Crippen LogP contribution in [0.15, 0.2) is 78.9 Å². The summed E-state index contributed by atoms with van der Waals surface area (Å²) >= 11 is 0. The molecule has 3 rings (SSSR count). The number of nitrogens with zero attached hydrogens (tertiary/aromatic N) is 1. The number of halogens is 1. The average Bonchev–Trinajstić information content (AvgIpc) is 2.87. The summed E-state index contributed by atoms with van der Waals surface area (Å²) in [6.45, 7) is 0. The molecule has 0 aliphatic carbocycles. The molecular weight excluding hydrogens is 467 g/mol. The van der Waals surface area contributed by atoms with Crippen LogP contribution >= 0.6 is 0 Å². The van der Waals surface area contributed by atoms with Crippen LogP contribution in [0.5, 0.6) is 5.75 Å². The average molecular weight is 490 g/mol. The maximum absolute atomic E-state index is 14.1. The standard InChI is InChI=1S/C26H23FN4O5/c1-35-23(12-13-24(33)31-21-5-3-2-4-20(21)29)25(17-8-11-22(32)19(27)14-17)36-26(34)30-18-9-6-16(15-28)7-10-18/h2-14,23,25,32H,29H2,1H3,(H,30,34)(H,31,33)/b13-12+/t23-,25-/m0/s1. The zero-order chi connectivity index (χ0) is 26.1. The Kier molecular flexibility index (Phi) is 8.58. The van der Waals surface area contributed by atoms with E-state index in [4.69, 9.17) is 20.5 Å². The van der Waals surface area contributed by atoms with Gasteiger partial charge in [-0.3, -0.25) is 10.1 Å². The highest BCUT2D eigenvalue weighted by Crippen LogP contribution is 2.29. The molecule has 0 aliphatic heterocycles. The Morgan fingerprint density at radius 3 is 2.47 bits per heavy atom. The number of phenolic OH excluding ortho intramolecular Hbond substituents is 1. The monoisotopic (exact) mass is 490 g/mol. The van der Waals surface area contributed by atoms with Crippen molar-refractivity contribution in [3.8, 4) is 11.8 Å². The number of benzene rings is 3. The number of rotatable bonds is 8. The Morgan fingerprint density at radius 2 is 1.83 bits per heavy atom. The molecule has 3 aromatic carbocycles. The number of nitriles is 1. The molecule has 0 saturated carbocycles. The third kappa shape index (κ3) is 6.82. The number of para-hydroxylation sites is 2. The number of aromatic hydroxyl groups is 1. The summed E-state index contributed by atoms with van der Waals surface area (Å²) in [7, 11) is 1.33. The number of nitrogen functional groups attached to an aromatic ring is 1. The lowest BCUT2D eigenvalue weighted by atomic mass is 10.0. The van der Waals surface area contributed by atoms with Crippen LogP contribution in [0, 0.1) is 17.1 Å². The van der Waals surface area contributed by atoms with Crippen LogP contribution in [0.2, 0.25) is 0 Å². The molecule has 184 valence electrons. The molecule has 2 atom stereocenters. The summed E-state index contributed by atoms with van der Waals surface area (Å²) in [6, 6.07) is 18.2. The number of nitrogens with two attached hydrogens (primary N) is 1. The summed E-state index contributed by atoms with van der Waals surface area (Å²) in [5.41, 5.74) is 7.57. The zero-order valence-corrected chi connectivity index (χ0v) is 19.1. The van der Waals surface area contributed by atoms with E-state index in [0.717, 1.165) is 12.1 Å². The minimum absolute atomic E-state index is 0.171. The maximum Gasteiger partial charge on any atom is 0.412 e. The van der Waals surface area contributed by atoms with Gasteiger partial charge in [-0.25, -0.2) is 9.18 Å². The predicted molar refractivity (Wildman–Crippen MR) is 131 cm³/mol. The summed E-state index contributed by atoms with van der Waals surface area (Å²) in [4.78, 5) is 25.0. The first-order valence-electron chi connectivity index (χ1n) is 10.6. The van der Waals surface area contributed by atoms with Crippen LogP contribution in [-0.4, -0.2) is 30.3 Å². The highest BCUT2D eigenvalue weighted by Gasteiger charge is 2.27. The smallest absolute Gasteiger partial charge is 0.412 e. The van der Waals surface area contributed by atoms with Gasteiger partial charge in [-0.1, -0.05) is 18.2 Å². The van der Waals surface area contributed by atoms with Crippen LogP contribution in [0.1, 0.15) is 17.2 Å². The molecule has 0 fully saturated rings. The number of hydrogen-bond donors (Lipinski definition) is 4. The third-order valence-corrected chi connectivity index (χ3v) is 5.02. The second kappa shape index (κ2) is 12.0. The topological polar surface area (TPSA) is 147 Å². The molecule has 0 spiro atoms. The fourth-order valence-electron chi connectivity index (χ4n) is 3.19. The Hall–Kier alpha value is -4.88. The van der Waals surface area contributed by atoms with E-state index in [1.807, 2.05) is 6.07 Å². The fourth-order valence-corrected chi connectivity index (χ4v) is 3.19. The van der Waals surface area contributed by atoms with Crippen LogP contribution in [0.4, 0.5) is 26.2 Å². The number of amides is 2. The summed E-state index contributed by atoms with van der Waals surface area (Å²) in [5, 5.41) is 23.6. The van der Waals surface area contributed by atoms with Crippen molar-refractivity contribution >= 4 is 29.1 Å². The van der Waals surface area contributed by atoms with Crippen LogP contribution < -0.4 is 16.4 Å². The van der Waals surface area contributed by atoms with Crippen LogP contribution in [0.3, 0.4) is 0 Å². The number of hydrogen-bond acceptors (Lipinski definition) is 7. The van der Waals surface area contributed by atoms with Gasteiger partial charge in [-0.15, -0.1) is 0 Å².